The first-order valence-electron chi connectivity index (χ1n) is 8.72. The lowest BCUT2D eigenvalue weighted by Gasteiger charge is -2.34. The number of nitrogens with one attached hydrogen (secondary N) is 2. The fourth-order valence-corrected chi connectivity index (χ4v) is 3.52. The summed E-state index contributed by atoms with van der Waals surface area (Å²) in [5.41, 5.74) is 2.22. The average Bonchev–Trinajstić information content (AvgIpc) is 3.03. The largest absolute Gasteiger partial charge is 0.496 e. The first-order chi connectivity index (χ1) is 12.1. The number of carbonyl (C=O) groups excluding carboxylic acids is 1. The van der Waals surface area contributed by atoms with Crippen molar-refractivity contribution in [1.29, 1.82) is 0 Å². The molecular formula is C19H26N4O2. The monoisotopic (exact) mass is 342 g/mol. The topological polar surface area (TPSA) is 68.2 Å². The summed E-state index contributed by atoms with van der Waals surface area (Å²) in [6.07, 6.45) is 6.04. The quantitative estimate of drug-likeness (QED) is 0.842. The summed E-state index contributed by atoms with van der Waals surface area (Å²) in [4.78, 5) is 11.9. The Morgan fingerprint density at radius 1 is 1.44 bits per heavy atom. The van der Waals surface area contributed by atoms with Crippen LogP contribution < -0.4 is 15.4 Å². The van der Waals surface area contributed by atoms with E-state index in [1.165, 1.54) is 5.56 Å². The van der Waals surface area contributed by atoms with Gasteiger partial charge in [-0.3, -0.25) is 9.48 Å². The van der Waals surface area contributed by atoms with E-state index in [0.29, 0.717) is 6.42 Å². The maximum atomic E-state index is 11.9. The van der Waals surface area contributed by atoms with E-state index in [2.05, 4.69) is 28.7 Å². The van der Waals surface area contributed by atoms with Gasteiger partial charge in [-0.25, -0.2) is 0 Å². The summed E-state index contributed by atoms with van der Waals surface area (Å²) in [6.45, 7) is 2.17. The van der Waals surface area contributed by atoms with Crippen molar-refractivity contribution in [2.45, 2.75) is 44.3 Å². The summed E-state index contributed by atoms with van der Waals surface area (Å²) in [7, 11) is 3.59. The smallest absolute Gasteiger partial charge is 0.220 e. The maximum Gasteiger partial charge on any atom is 0.220 e. The van der Waals surface area contributed by atoms with Gasteiger partial charge in [-0.05, 0) is 31.4 Å². The minimum atomic E-state index is -0.0462. The molecule has 0 radical (unpaired) electrons. The molecule has 0 bridgehead atoms. The molecule has 1 amide bonds. The van der Waals surface area contributed by atoms with Gasteiger partial charge in [-0.2, -0.15) is 5.10 Å². The lowest BCUT2D eigenvalue weighted by Crippen LogP contribution is -2.51. The van der Waals surface area contributed by atoms with Crippen LogP contribution in [0.2, 0.25) is 0 Å². The number of carbonyl (C=O) groups is 1. The number of ether oxygens (including phenoxy) is 1. The first kappa shape index (κ1) is 17.5. The highest BCUT2D eigenvalue weighted by Crippen LogP contribution is 2.25. The highest BCUT2D eigenvalue weighted by atomic mass is 16.5. The predicted octanol–water partition coefficient (Wildman–Crippen LogP) is 1.97. The van der Waals surface area contributed by atoms with Gasteiger partial charge in [-0.1, -0.05) is 18.2 Å². The van der Waals surface area contributed by atoms with Crippen molar-refractivity contribution < 1.29 is 9.53 Å². The molecule has 1 aliphatic heterocycles. The maximum absolute atomic E-state index is 11.9. The Morgan fingerprint density at radius 2 is 2.24 bits per heavy atom. The third-order valence-corrected chi connectivity index (χ3v) is 4.70. The molecule has 0 saturated carbocycles. The Balaban J connectivity index is 1.69. The van der Waals surface area contributed by atoms with Crippen LogP contribution in [-0.2, 0) is 18.3 Å². The van der Waals surface area contributed by atoms with Gasteiger partial charge < -0.3 is 15.4 Å². The van der Waals surface area contributed by atoms with Crippen molar-refractivity contribution in [3.63, 3.8) is 0 Å². The Bertz CT molecular complexity index is 728. The molecule has 6 heteroatoms. The molecule has 2 aromatic rings. The molecule has 6 nitrogen and oxygen atoms in total. The van der Waals surface area contributed by atoms with Crippen molar-refractivity contribution >= 4 is 5.91 Å². The Kier molecular flexibility index (Phi) is 5.38. The number of benzene rings is 1. The van der Waals surface area contributed by atoms with E-state index >= 15 is 0 Å². The van der Waals surface area contributed by atoms with Crippen LogP contribution in [0.1, 0.15) is 36.9 Å². The molecule has 1 aromatic heterocycles. The Hall–Kier alpha value is -2.34. The molecule has 0 aliphatic carbocycles. The van der Waals surface area contributed by atoms with Crippen LogP contribution in [0.5, 0.6) is 5.75 Å². The highest BCUT2D eigenvalue weighted by Gasteiger charge is 2.31. The van der Waals surface area contributed by atoms with E-state index in [1.54, 1.807) is 11.8 Å². The van der Waals surface area contributed by atoms with Gasteiger partial charge in [0.15, 0.2) is 0 Å². The molecule has 1 aliphatic rings. The normalized spacial score (nSPS) is 21.6. The molecule has 134 valence electrons. The van der Waals surface area contributed by atoms with Crippen LogP contribution in [0, 0.1) is 0 Å². The standard InChI is InChI=1S/C19H26N4O2/c1-13(10-14-6-4-5-7-17(14)25-3)21-16-8-9-18(24)22-19(16)15-11-20-23(2)12-15/h4-7,11-13,16,19,21H,8-10H2,1-3H3,(H,22,24)/t13-,16+,19-/m0/s1. The van der Waals surface area contributed by atoms with E-state index < -0.39 is 0 Å². The minimum absolute atomic E-state index is 0.0462. The number of rotatable bonds is 6. The van der Waals surface area contributed by atoms with Gasteiger partial charge in [0.25, 0.3) is 0 Å². The molecule has 2 N–H and O–H groups in total. The highest BCUT2D eigenvalue weighted by molar-refractivity contribution is 5.77. The first-order valence-corrected chi connectivity index (χ1v) is 8.72. The molecule has 25 heavy (non-hydrogen) atoms. The zero-order valence-corrected chi connectivity index (χ0v) is 15.0. The minimum Gasteiger partial charge on any atom is -0.496 e. The van der Waals surface area contributed by atoms with Crippen molar-refractivity contribution in [3.05, 3.63) is 47.8 Å². The average molecular weight is 342 g/mol. The van der Waals surface area contributed by atoms with E-state index in [0.717, 1.165) is 24.2 Å². The lowest BCUT2D eigenvalue weighted by molar-refractivity contribution is -0.124. The Labute approximate surface area is 148 Å². The van der Waals surface area contributed by atoms with Gasteiger partial charge >= 0.3 is 0 Å². The molecule has 1 fully saturated rings. The number of nitrogens with zero attached hydrogens (tertiary/aromatic N) is 2. The van der Waals surface area contributed by atoms with Crippen LogP contribution in [0.15, 0.2) is 36.7 Å². The molecular weight excluding hydrogens is 316 g/mol. The van der Waals surface area contributed by atoms with Gasteiger partial charge in [0.05, 0.1) is 19.3 Å². The molecule has 3 atom stereocenters. The third kappa shape index (κ3) is 4.20. The number of hydrogen-bond donors (Lipinski definition) is 2. The van der Waals surface area contributed by atoms with Crippen LogP contribution >= 0.6 is 0 Å². The van der Waals surface area contributed by atoms with Crippen molar-refractivity contribution in [3.8, 4) is 5.75 Å². The van der Waals surface area contributed by atoms with E-state index in [-0.39, 0.29) is 24.0 Å². The fourth-order valence-electron chi connectivity index (χ4n) is 3.52. The summed E-state index contributed by atoms with van der Waals surface area (Å²) in [6, 6.07) is 8.50. The van der Waals surface area contributed by atoms with Crippen molar-refractivity contribution in [2.75, 3.05) is 7.11 Å². The fraction of sp³-hybridized carbons (Fsp3) is 0.474. The zero-order chi connectivity index (χ0) is 17.8. The molecule has 2 heterocycles. The van der Waals surface area contributed by atoms with Crippen molar-refractivity contribution in [2.24, 2.45) is 7.05 Å². The van der Waals surface area contributed by atoms with Gasteiger partial charge in [0.1, 0.15) is 5.75 Å². The number of methoxy groups -OCH3 is 1. The van der Waals surface area contributed by atoms with Crippen LogP contribution in [0.3, 0.4) is 0 Å². The molecule has 1 saturated heterocycles. The van der Waals surface area contributed by atoms with E-state index in [4.69, 9.17) is 4.74 Å². The number of aryl methyl sites for hydroxylation is 1. The SMILES string of the molecule is COc1ccccc1C[C@H](C)N[C@@H]1CCC(=O)N[C@H]1c1cnn(C)c1. The Morgan fingerprint density at radius 3 is 2.96 bits per heavy atom. The van der Waals surface area contributed by atoms with E-state index in [9.17, 15) is 4.79 Å². The second-order valence-electron chi connectivity index (χ2n) is 6.72. The predicted molar refractivity (Wildman–Crippen MR) is 96.4 cm³/mol. The third-order valence-electron chi connectivity index (χ3n) is 4.70. The van der Waals surface area contributed by atoms with Gasteiger partial charge in [-0.15, -0.1) is 0 Å². The summed E-state index contributed by atoms with van der Waals surface area (Å²) in [5.74, 6) is 1.01. The number of amides is 1. The van der Waals surface area contributed by atoms with Gasteiger partial charge in [0.2, 0.25) is 5.91 Å². The number of para-hydroxylation sites is 1. The number of aromatic nitrogens is 2. The van der Waals surface area contributed by atoms with Crippen molar-refractivity contribution in [1.82, 2.24) is 20.4 Å². The second-order valence-corrected chi connectivity index (χ2v) is 6.72. The van der Waals surface area contributed by atoms with Crippen LogP contribution in [0.25, 0.3) is 0 Å². The zero-order valence-electron chi connectivity index (χ0n) is 15.0. The number of hydrogen-bond acceptors (Lipinski definition) is 4. The molecule has 3 rings (SSSR count). The van der Waals surface area contributed by atoms with E-state index in [1.807, 2.05) is 37.6 Å². The van der Waals surface area contributed by atoms with Crippen LogP contribution in [0.4, 0.5) is 0 Å². The molecule has 0 spiro atoms. The lowest BCUT2D eigenvalue weighted by atomic mass is 9.92. The second kappa shape index (κ2) is 7.70. The molecule has 1 aromatic carbocycles. The summed E-state index contributed by atoms with van der Waals surface area (Å²) in [5, 5.41) is 11.0. The van der Waals surface area contributed by atoms with Gasteiger partial charge in [0, 0.05) is 37.3 Å². The molecule has 0 unspecified atom stereocenters. The van der Waals surface area contributed by atoms with Crippen LogP contribution in [-0.4, -0.2) is 34.9 Å². The summed E-state index contributed by atoms with van der Waals surface area (Å²) < 4.78 is 7.22. The summed E-state index contributed by atoms with van der Waals surface area (Å²) >= 11 is 0. The number of piperidine rings is 1.